The summed E-state index contributed by atoms with van der Waals surface area (Å²) < 4.78 is 0. The van der Waals surface area contributed by atoms with E-state index in [0.717, 1.165) is 24.2 Å². The van der Waals surface area contributed by atoms with Crippen LogP contribution in [0.15, 0.2) is 29.2 Å². The van der Waals surface area contributed by atoms with Gasteiger partial charge in [0.25, 0.3) is 5.91 Å². The molecule has 0 aliphatic heterocycles. The normalized spacial score (nSPS) is 9.89. The zero-order valence-corrected chi connectivity index (χ0v) is 11.6. The number of benzene rings is 1. The second-order valence-corrected chi connectivity index (χ2v) is 5.00. The van der Waals surface area contributed by atoms with E-state index in [1.165, 1.54) is 11.8 Å². The summed E-state index contributed by atoms with van der Waals surface area (Å²) in [7, 11) is 0. The summed E-state index contributed by atoms with van der Waals surface area (Å²) in [4.78, 5) is 12.8. The second-order valence-electron chi connectivity index (χ2n) is 3.98. The van der Waals surface area contributed by atoms with Gasteiger partial charge in [-0.2, -0.15) is 5.26 Å². The molecule has 0 fully saturated rings. The third-order valence-corrected chi connectivity index (χ3v) is 3.48. The molecule has 0 aromatic heterocycles. The second kappa shape index (κ2) is 9.42. The number of nitrogens with one attached hydrogen (secondary N) is 1. The Kier molecular flexibility index (Phi) is 7.71. The molecule has 0 bridgehead atoms. The van der Waals surface area contributed by atoms with Crippen LogP contribution < -0.4 is 5.32 Å². The van der Waals surface area contributed by atoms with Crippen molar-refractivity contribution in [3.8, 4) is 6.07 Å². The first kappa shape index (κ1) is 15.5. The van der Waals surface area contributed by atoms with E-state index < -0.39 is 0 Å². The van der Waals surface area contributed by atoms with Gasteiger partial charge in [-0.15, -0.1) is 11.8 Å². The molecule has 5 heteroatoms. The molecule has 0 aliphatic carbocycles. The Balaban J connectivity index is 2.49. The fourth-order valence-electron chi connectivity index (χ4n) is 1.60. The highest BCUT2D eigenvalue weighted by Gasteiger charge is 2.10. The monoisotopic (exact) mass is 278 g/mol. The number of hydrogen-bond donors (Lipinski definition) is 2. The fourth-order valence-corrected chi connectivity index (χ4v) is 2.31. The Bertz CT molecular complexity index is 443. The fraction of sp³-hybridized carbons (Fsp3) is 0.429. The molecule has 0 atom stereocenters. The minimum Gasteiger partial charge on any atom is -0.396 e. The van der Waals surface area contributed by atoms with Gasteiger partial charge in [0, 0.05) is 18.0 Å². The quantitative estimate of drug-likeness (QED) is 0.565. The SMILES string of the molecule is N#CCSc1ccccc1C(=O)NCCCCCO. The molecule has 0 saturated heterocycles. The van der Waals surface area contributed by atoms with Crippen LogP contribution in [0.25, 0.3) is 0 Å². The largest absolute Gasteiger partial charge is 0.396 e. The number of aliphatic hydroxyl groups excluding tert-OH is 1. The third kappa shape index (κ3) is 5.77. The summed E-state index contributed by atoms with van der Waals surface area (Å²) >= 11 is 1.37. The van der Waals surface area contributed by atoms with Crippen molar-refractivity contribution in [1.82, 2.24) is 5.32 Å². The minimum atomic E-state index is -0.106. The maximum absolute atomic E-state index is 12.0. The molecule has 4 nitrogen and oxygen atoms in total. The first-order valence-electron chi connectivity index (χ1n) is 6.27. The van der Waals surface area contributed by atoms with E-state index in [2.05, 4.69) is 11.4 Å². The first-order chi connectivity index (χ1) is 9.29. The highest BCUT2D eigenvalue weighted by atomic mass is 32.2. The maximum atomic E-state index is 12.0. The van der Waals surface area contributed by atoms with E-state index in [-0.39, 0.29) is 12.5 Å². The molecule has 0 heterocycles. The van der Waals surface area contributed by atoms with Gasteiger partial charge in [-0.1, -0.05) is 12.1 Å². The van der Waals surface area contributed by atoms with Crippen molar-refractivity contribution >= 4 is 17.7 Å². The van der Waals surface area contributed by atoms with Gasteiger partial charge in [0.15, 0.2) is 0 Å². The lowest BCUT2D eigenvalue weighted by Gasteiger charge is -2.08. The molecular weight excluding hydrogens is 260 g/mol. The smallest absolute Gasteiger partial charge is 0.252 e. The Labute approximate surface area is 117 Å². The molecule has 19 heavy (non-hydrogen) atoms. The number of carbonyl (C=O) groups excluding carboxylic acids is 1. The summed E-state index contributed by atoms with van der Waals surface area (Å²) in [5.74, 6) is 0.228. The van der Waals surface area contributed by atoms with E-state index in [0.29, 0.717) is 17.9 Å². The Morgan fingerprint density at radius 3 is 2.84 bits per heavy atom. The number of rotatable bonds is 8. The molecule has 1 aromatic rings. The van der Waals surface area contributed by atoms with Crippen molar-refractivity contribution < 1.29 is 9.90 Å². The van der Waals surface area contributed by atoms with Crippen LogP contribution in [0.5, 0.6) is 0 Å². The average molecular weight is 278 g/mol. The maximum Gasteiger partial charge on any atom is 0.252 e. The molecule has 1 amide bonds. The zero-order valence-electron chi connectivity index (χ0n) is 10.8. The Morgan fingerprint density at radius 1 is 1.32 bits per heavy atom. The molecule has 0 aliphatic rings. The van der Waals surface area contributed by atoms with Crippen LogP contribution in [0.1, 0.15) is 29.6 Å². The van der Waals surface area contributed by atoms with Crippen LogP contribution in [0.3, 0.4) is 0 Å². The number of nitrogens with zero attached hydrogens (tertiary/aromatic N) is 1. The van der Waals surface area contributed by atoms with Crippen LogP contribution >= 0.6 is 11.8 Å². The minimum absolute atomic E-state index is 0.106. The van der Waals surface area contributed by atoms with Gasteiger partial charge in [-0.3, -0.25) is 4.79 Å². The number of nitriles is 1. The zero-order chi connectivity index (χ0) is 13.9. The van der Waals surface area contributed by atoms with Gasteiger partial charge in [0.1, 0.15) is 0 Å². The van der Waals surface area contributed by atoms with Crippen molar-refractivity contribution in [1.29, 1.82) is 5.26 Å². The summed E-state index contributed by atoms with van der Waals surface area (Å²) in [6.45, 7) is 0.803. The topological polar surface area (TPSA) is 73.1 Å². The van der Waals surface area contributed by atoms with Crippen LogP contribution in [0, 0.1) is 11.3 Å². The van der Waals surface area contributed by atoms with Crippen LogP contribution in [-0.4, -0.2) is 29.9 Å². The summed E-state index contributed by atoms with van der Waals surface area (Å²) in [6, 6.07) is 9.35. The number of thioether (sulfide) groups is 1. The lowest BCUT2D eigenvalue weighted by atomic mass is 10.2. The molecule has 0 radical (unpaired) electrons. The summed E-state index contributed by atoms with van der Waals surface area (Å²) in [6.07, 6.45) is 2.53. The summed E-state index contributed by atoms with van der Waals surface area (Å²) in [5.41, 5.74) is 0.616. The van der Waals surface area contributed by atoms with Crippen molar-refractivity contribution in [2.75, 3.05) is 18.9 Å². The molecule has 0 spiro atoms. The lowest BCUT2D eigenvalue weighted by molar-refractivity contribution is 0.0950. The van der Waals surface area contributed by atoms with E-state index >= 15 is 0 Å². The number of hydrogen-bond acceptors (Lipinski definition) is 4. The van der Waals surface area contributed by atoms with Gasteiger partial charge in [-0.25, -0.2) is 0 Å². The molecule has 1 aromatic carbocycles. The number of unbranched alkanes of at least 4 members (excludes halogenated alkanes) is 2. The van der Waals surface area contributed by atoms with Crippen molar-refractivity contribution in [2.24, 2.45) is 0 Å². The van der Waals surface area contributed by atoms with Gasteiger partial charge in [0.2, 0.25) is 0 Å². The highest BCUT2D eigenvalue weighted by Crippen LogP contribution is 2.22. The van der Waals surface area contributed by atoms with E-state index in [1.54, 1.807) is 6.07 Å². The molecule has 1 rings (SSSR count). The van der Waals surface area contributed by atoms with Gasteiger partial charge in [0.05, 0.1) is 17.4 Å². The number of aliphatic hydroxyl groups is 1. The third-order valence-electron chi connectivity index (χ3n) is 2.54. The van der Waals surface area contributed by atoms with Crippen molar-refractivity contribution in [3.05, 3.63) is 29.8 Å². The van der Waals surface area contributed by atoms with Gasteiger partial charge >= 0.3 is 0 Å². The number of amides is 1. The Hall–Kier alpha value is -1.51. The molecule has 102 valence electrons. The standard InChI is InChI=1S/C14H18N2O2S/c15-8-11-19-13-7-3-2-6-12(13)14(18)16-9-4-1-5-10-17/h2-3,6-7,17H,1,4-5,9-11H2,(H,16,18). The Morgan fingerprint density at radius 2 is 2.11 bits per heavy atom. The number of carbonyl (C=O) groups is 1. The predicted molar refractivity (Wildman–Crippen MR) is 76.0 cm³/mol. The van der Waals surface area contributed by atoms with Gasteiger partial charge < -0.3 is 10.4 Å². The first-order valence-corrected chi connectivity index (χ1v) is 7.26. The van der Waals surface area contributed by atoms with Crippen LogP contribution in [-0.2, 0) is 0 Å². The predicted octanol–water partition coefficient (Wildman–Crippen LogP) is 2.19. The lowest BCUT2D eigenvalue weighted by Crippen LogP contribution is -2.25. The molecule has 0 saturated carbocycles. The van der Waals surface area contributed by atoms with E-state index in [1.807, 2.05) is 18.2 Å². The highest BCUT2D eigenvalue weighted by molar-refractivity contribution is 7.99. The molecular formula is C14H18N2O2S. The molecule has 0 unspecified atom stereocenters. The van der Waals surface area contributed by atoms with Crippen LogP contribution in [0.4, 0.5) is 0 Å². The van der Waals surface area contributed by atoms with E-state index in [9.17, 15) is 4.79 Å². The van der Waals surface area contributed by atoms with Crippen molar-refractivity contribution in [2.45, 2.75) is 24.2 Å². The average Bonchev–Trinajstić information content (AvgIpc) is 2.45. The molecule has 2 N–H and O–H groups in total. The van der Waals surface area contributed by atoms with Gasteiger partial charge in [-0.05, 0) is 31.4 Å². The van der Waals surface area contributed by atoms with Crippen molar-refractivity contribution in [3.63, 3.8) is 0 Å². The summed E-state index contributed by atoms with van der Waals surface area (Å²) in [5, 5.41) is 20.1. The van der Waals surface area contributed by atoms with E-state index in [4.69, 9.17) is 10.4 Å². The van der Waals surface area contributed by atoms with Crippen LogP contribution in [0.2, 0.25) is 0 Å².